The number of halogens is 2. The van der Waals surface area contributed by atoms with Crippen LogP contribution < -0.4 is 5.32 Å². The second-order valence-corrected chi connectivity index (χ2v) is 4.16. The Bertz CT molecular complexity index is 340. The van der Waals surface area contributed by atoms with Gasteiger partial charge in [-0.05, 0) is 37.5 Å². The Kier molecular flexibility index (Phi) is 2.64. The first-order valence-electron chi connectivity index (χ1n) is 4.84. The average Bonchev–Trinajstić information content (AvgIpc) is 2.18. The Labute approximate surface area is 88.3 Å². The predicted molar refractivity (Wildman–Crippen MR) is 57.7 cm³/mol. The van der Waals surface area contributed by atoms with Gasteiger partial charge in [0.2, 0.25) is 0 Å². The highest BCUT2D eigenvalue weighted by atomic mass is 35.5. The highest BCUT2D eigenvalue weighted by Gasteiger charge is 2.30. The topological polar surface area (TPSA) is 12.0 Å². The minimum atomic E-state index is -0.701. The molecule has 0 amide bonds. The van der Waals surface area contributed by atoms with Crippen molar-refractivity contribution in [3.05, 3.63) is 28.8 Å². The second kappa shape index (κ2) is 3.77. The van der Waals surface area contributed by atoms with E-state index in [0.29, 0.717) is 6.42 Å². The Hall–Kier alpha value is -0.760. The van der Waals surface area contributed by atoms with Crippen LogP contribution in [0.1, 0.15) is 18.4 Å². The lowest BCUT2D eigenvalue weighted by Gasteiger charge is -2.32. The minimum Gasteiger partial charge on any atom is -0.379 e. The molecule has 1 nitrogen and oxygen atoms in total. The maximum absolute atomic E-state index is 13.0. The largest absolute Gasteiger partial charge is 0.379 e. The molecule has 3 heteroatoms. The van der Waals surface area contributed by atoms with Crippen LogP contribution >= 0.6 is 11.6 Å². The summed E-state index contributed by atoms with van der Waals surface area (Å²) in [5, 5.41) is 3.90. The molecule has 0 bridgehead atoms. The van der Waals surface area contributed by atoms with Crippen LogP contribution in [0, 0.1) is 6.92 Å². The summed E-state index contributed by atoms with van der Waals surface area (Å²) in [4.78, 5) is 0. The molecule has 1 aromatic carbocycles. The zero-order chi connectivity index (χ0) is 10.1. The summed E-state index contributed by atoms with van der Waals surface area (Å²) in [5.74, 6) is 0. The van der Waals surface area contributed by atoms with E-state index in [1.807, 2.05) is 25.1 Å². The third kappa shape index (κ3) is 1.71. The first-order valence-corrected chi connectivity index (χ1v) is 5.22. The van der Waals surface area contributed by atoms with E-state index >= 15 is 0 Å². The van der Waals surface area contributed by atoms with Crippen molar-refractivity contribution < 1.29 is 4.39 Å². The number of rotatable bonds is 2. The van der Waals surface area contributed by atoms with Gasteiger partial charge in [-0.15, -0.1) is 0 Å². The van der Waals surface area contributed by atoms with E-state index in [-0.39, 0.29) is 6.04 Å². The van der Waals surface area contributed by atoms with Gasteiger partial charge >= 0.3 is 0 Å². The second-order valence-electron chi connectivity index (χ2n) is 3.76. The van der Waals surface area contributed by atoms with E-state index in [2.05, 4.69) is 5.32 Å². The molecule has 2 rings (SSSR count). The maximum Gasteiger partial charge on any atom is 0.120 e. The van der Waals surface area contributed by atoms with Crippen LogP contribution in [-0.4, -0.2) is 12.2 Å². The van der Waals surface area contributed by atoms with E-state index < -0.39 is 6.17 Å². The fourth-order valence-corrected chi connectivity index (χ4v) is 1.76. The summed E-state index contributed by atoms with van der Waals surface area (Å²) in [7, 11) is 0. The molecule has 0 saturated heterocycles. The van der Waals surface area contributed by atoms with Gasteiger partial charge in [-0.25, -0.2) is 4.39 Å². The molecule has 0 aliphatic heterocycles. The standard InChI is InChI=1S/C11H13ClFN/c1-7-8(12)3-2-4-10(7)14-11-6-5-9(11)13/h2-4,9,11,14H,5-6H2,1H3. The van der Waals surface area contributed by atoms with Gasteiger partial charge in [0.15, 0.2) is 0 Å². The Balaban J connectivity index is 2.12. The number of benzene rings is 1. The normalized spacial score (nSPS) is 25.6. The lowest BCUT2D eigenvalue weighted by atomic mass is 9.90. The molecule has 2 atom stereocenters. The van der Waals surface area contributed by atoms with Gasteiger partial charge in [-0.1, -0.05) is 17.7 Å². The molecule has 1 aliphatic carbocycles. The van der Waals surface area contributed by atoms with Crippen molar-refractivity contribution in [1.82, 2.24) is 0 Å². The first kappa shape index (κ1) is 9.78. The summed E-state index contributed by atoms with van der Waals surface area (Å²) in [6.07, 6.45) is 0.887. The zero-order valence-electron chi connectivity index (χ0n) is 8.06. The van der Waals surface area contributed by atoms with E-state index in [1.165, 1.54) is 0 Å². The number of alkyl halides is 1. The van der Waals surface area contributed by atoms with Crippen molar-refractivity contribution in [2.24, 2.45) is 0 Å². The third-order valence-electron chi connectivity index (χ3n) is 2.80. The molecule has 14 heavy (non-hydrogen) atoms. The van der Waals surface area contributed by atoms with Gasteiger partial charge in [0.25, 0.3) is 0 Å². The highest BCUT2D eigenvalue weighted by Crippen LogP contribution is 2.30. The number of hydrogen-bond acceptors (Lipinski definition) is 1. The molecular formula is C11H13ClFN. The molecule has 0 heterocycles. The SMILES string of the molecule is Cc1c(Cl)cccc1NC1CCC1F. The van der Waals surface area contributed by atoms with Crippen LogP contribution in [0.3, 0.4) is 0 Å². The van der Waals surface area contributed by atoms with Crippen molar-refractivity contribution >= 4 is 17.3 Å². The minimum absolute atomic E-state index is 0.0211. The molecule has 0 spiro atoms. The van der Waals surface area contributed by atoms with Crippen LogP contribution in [0.15, 0.2) is 18.2 Å². The average molecular weight is 214 g/mol. The lowest BCUT2D eigenvalue weighted by Crippen LogP contribution is -2.40. The van der Waals surface area contributed by atoms with Gasteiger partial charge < -0.3 is 5.32 Å². The first-order chi connectivity index (χ1) is 6.68. The summed E-state index contributed by atoms with van der Waals surface area (Å²) < 4.78 is 13.0. The smallest absolute Gasteiger partial charge is 0.120 e. The molecular weight excluding hydrogens is 201 g/mol. The monoisotopic (exact) mass is 213 g/mol. The molecule has 0 aromatic heterocycles. The molecule has 1 aliphatic rings. The van der Waals surface area contributed by atoms with Gasteiger partial charge in [-0.3, -0.25) is 0 Å². The number of hydrogen-bond donors (Lipinski definition) is 1. The number of nitrogens with one attached hydrogen (secondary N) is 1. The predicted octanol–water partition coefficient (Wildman–Crippen LogP) is 3.56. The molecule has 1 fully saturated rings. The van der Waals surface area contributed by atoms with E-state index in [9.17, 15) is 4.39 Å². The zero-order valence-corrected chi connectivity index (χ0v) is 8.81. The molecule has 76 valence electrons. The lowest BCUT2D eigenvalue weighted by molar-refractivity contribution is 0.186. The van der Waals surface area contributed by atoms with E-state index in [0.717, 1.165) is 22.7 Å². The Morgan fingerprint density at radius 1 is 1.43 bits per heavy atom. The van der Waals surface area contributed by atoms with Crippen molar-refractivity contribution in [3.8, 4) is 0 Å². The summed E-state index contributed by atoms with van der Waals surface area (Å²) in [6, 6.07) is 5.64. The van der Waals surface area contributed by atoms with Gasteiger partial charge in [0.1, 0.15) is 6.17 Å². The van der Waals surface area contributed by atoms with Crippen LogP contribution in [0.5, 0.6) is 0 Å². The maximum atomic E-state index is 13.0. The van der Waals surface area contributed by atoms with Gasteiger partial charge in [0, 0.05) is 10.7 Å². The van der Waals surface area contributed by atoms with E-state index in [1.54, 1.807) is 0 Å². The van der Waals surface area contributed by atoms with Crippen LogP contribution in [0.25, 0.3) is 0 Å². The van der Waals surface area contributed by atoms with Crippen LogP contribution in [0.4, 0.5) is 10.1 Å². The third-order valence-corrected chi connectivity index (χ3v) is 3.21. The summed E-state index contributed by atoms with van der Waals surface area (Å²) in [5.41, 5.74) is 1.94. The summed E-state index contributed by atoms with van der Waals surface area (Å²) in [6.45, 7) is 1.94. The van der Waals surface area contributed by atoms with Crippen molar-refractivity contribution in [2.75, 3.05) is 5.32 Å². The highest BCUT2D eigenvalue weighted by molar-refractivity contribution is 6.31. The fraction of sp³-hybridized carbons (Fsp3) is 0.455. The fourth-order valence-electron chi connectivity index (χ4n) is 1.59. The molecule has 2 unspecified atom stereocenters. The molecule has 1 N–H and O–H groups in total. The number of anilines is 1. The van der Waals surface area contributed by atoms with Gasteiger partial charge in [-0.2, -0.15) is 0 Å². The van der Waals surface area contributed by atoms with Crippen molar-refractivity contribution in [3.63, 3.8) is 0 Å². The van der Waals surface area contributed by atoms with Gasteiger partial charge in [0.05, 0.1) is 6.04 Å². The van der Waals surface area contributed by atoms with Crippen molar-refractivity contribution in [2.45, 2.75) is 32.0 Å². The van der Waals surface area contributed by atoms with Crippen LogP contribution in [-0.2, 0) is 0 Å². The Morgan fingerprint density at radius 3 is 2.79 bits per heavy atom. The Morgan fingerprint density at radius 2 is 2.21 bits per heavy atom. The van der Waals surface area contributed by atoms with Crippen molar-refractivity contribution in [1.29, 1.82) is 0 Å². The summed E-state index contributed by atoms with van der Waals surface area (Å²) >= 11 is 5.96. The molecule has 1 saturated carbocycles. The molecule has 0 radical (unpaired) electrons. The van der Waals surface area contributed by atoms with Crippen LogP contribution in [0.2, 0.25) is 5.02 Å². The van der Waals surface area contributed by atoms with E-state index in [4.69, 9.17) is 11.6 Å². The quantitative estimate of drug-likeness (QED) is 0.792. The molecule has 1 aromatic rings.